The third kappa shape index (κ3) is 5.33. The van der Waals surface area contributed by atoms with Crippen molar-refractivity contribution in [3.63, 3.8) is 0 Å². The van der Waals surface area contributed by atoms with Gasteiger partial charge in [-0.25, -0.2) is 14.8 Å². The van der Waals surface area contributed by atoms with Gasteiger partial charge in [0.05, 0.1) is 5.75 Å². The molecule has 1 amide bonds. The quantitative estimate of drug-likeness (QED) is 0.393. The molecular weight excluding hydrogens is 464 g/mol. The fourth-order valence-corrected chi connectivity index (χ4v) is 5.00. The monoisotopic (exact) mass is 496 g/mol. The predicted octanol–water partition coefficient (Wildman–Crippen LogP) is 1.76. The minimum Gasteiger partial charge on any atom is -0.339 e. The van der Waals surface area contributed by atoms with E-state index in [2.05, 4.69) is 27.0 Å². The number of nitrogens with zero attached hydrogens (tertiary/aromatic N) is 6. The van der Waals surface area contributed by atoms with E-state index in [0.29, 0.717) is 29.6 Å². The van der Waals surface area contributed by atoms with E-state index in [9.17, 15) is 14.4 Å². The van der Waals surface area contributed by atoms with Gasteiger partial charge in [-0.15, -0.1) is 0 Å². The van der Waals surface area contributed by atoms with Crippen molar-refractivity contribution in [3.8, 4) is 0 Å². The summed E-state index contributed by atoms with van der Waals surface area (Å²) in [5.74, 6) is 0.707. The number of carbonyl (C=O) groups is 1. The molecule has 0 spiro atoms. The molecule has 1 fully saturated rings. The third-order valence-electron chi connectivity index (χ3n) is 6.24. The Hall–Kier alpha value is -2.98. The van der Waals surface area contributed by atoms with Crippen molar-refractivity contribution in [2.24, 2.45) is 14.1 Å². The number of piperazine rings is 1. The molecule has 0 bridgehead atoms. The summed E-state index contributed by atoms with van der Waals surface area (Å²) < 4.78 is 2.42. The number of hydrogen-bond donors (Lipinski definition) is 0. The fourth-order valence-electron chi connectivity index (χ4n) is 4.09. The van der Waals surface area contributed by atoms with Crippen molar-refractivity contribution in [1.82, 2.24) is 28.9 Å². The Morgan fingerprint density at radius 3 is 2.26 bits per heavy atom. The highest BCUT2D eigenvalue weighted by atomic mass is 32.2. The smallest absolute Gasteiger partial charge is 0.332 e. The van der Waals surface area contributed by atoms with Gasteiger partial charge in [0.25, 0.3) is 5.56 Å². The molecule has 0 unspecified atom stereocenters. The van der Waals surface area contributed by atoms with Crippen molar-refractivity contribution >= 4 is 28.7 Å². The molecule has 1 aliphatic heterocycles. The summed E-state index contributed by atoms with van der Waals surface area (Å²) in [6, 6.07) is 10.3. The van der Waals surface area contributed by atoms with E-state index in [1.165, 1.54) is 28.9 Å². The molecule has 10 heteroatoms. The highest BCUT2D eigenvalue weighted by Crippen LogP contribution is 2.27. The normalized spacial score (nSPS) is 15.1. The van der Waals surface area contributed by atoms with Gasteiger partial charge in [-0.2, -0.15) is 0 Å². The molecule has 186 valence electrons. The predicted molar refractivity (Wildman–Crippen MR) is 138 cm³/mol. The summed E-state index contributed by atoms with van der Waals surface area (Å²) in [5.41, 5.74) is 0.279. The number of aryl methyl sites for hydroxylation is 1. The number of amides is 1. The summed E-state index contributed by atoms with van der Waals surface area (Å²) in [7, 11) is 3.04. The zero-order chi connectivity index (χ0) is 25.3. The molecule has 3 aromatic rings. The maximum Gasteiger partial charge on any atom is 0.332 e. The van der Waals surface area contributed by atoms with Crippen molar-refractivity contribution in [3.05, 3.63) is 62.6 Å². The van der Waals surface area contributed by atoms with Gasteiger partial charge in [-0.3, -0.25) is 23.6 Å². The molecule has 0 saturated carbocycles. The Morgan fingerprint density at radius 2 is 1.63 bits per heavy atom. The summed E-state index contributed by atoms with van der Waals surface area (Å²) >= 11 is 1.24. The molecule has 9 nitrogen and oxygen atoms in total. The first-order valence-corrected chi connectivity index (χ1v) is 12.7. The molecule has 1 aliphatic rings. The Bertz CT molecular complexity index is 1350. The van der Waals surface area contributed by atoms with Crippen molar-refractivity contribution < 1.29 is 4.79 Å². The van der Waals surface area contributed by atoms with E-state index < -0.39 is 11.2 Å². The van der Waals surface area contributed by atoms with Crippen molar-refractivity contribution in [1.29, 1.82) is 0 Å². The van der Waals surface area contributed by atoms with Crippen LogP contribution < -0.4 is 11.2 Å². The van der Waals surface area contributed by atoms with Crippen molar-refractivity contribution in [2.45, 2.75) is 37.8 Å². The molecule has 2 aromatic heterocycles. The second-order valence-electron chi connectivity index (χ2n) is 9.94. The summed E-state index contributed by atoms with van der Waals surface area (Å²) in [5, 5.41) is 0.709. The summed E-state index contributed by atoms with van der Waals surface area (Å²) in [6.45, 7) is 9.77. The minimum atomic E-state index is -0.451. The van der Waals surface area contributed by atoms with Gasteiger partial charge in [0.2, 0.25) is 5.91 Å². The Balaban J connectivity index is 1.51. The topological polar surface area (TPSA) is 93.3 Å². The van der Waals surface area contributed by atoms with Crippen LogP contribution in [0.15, 0.2) is 44.9 Å². The van der Waals surface area contributed by atoms with Crippen LogP contribution in [0.1, 0.15) is 32.2 Å². The number of hydrogen-bond acceptors (Lipinski definition) is 7. The molecule has 0 radical (unpaired) electrons. The molecule has 0 aliphatic carbocycles. The Labute approximate surface area is 208 Å². The Kier molecular flexibility index (Phi) is 7.14. The minimum absolute atomic E-state index is 0.0140. The Morgan fingerprint density at radius 1 is 0.971 bits per heavy atom. The van der Waals surface area contributed by atoms with E-state index in [0.717, 1.165) is 24.2 Å². The number of thioether (sulfide) groups is 1. The van der Waals surface area contributed by atoms with E-state index in [1.54, 1.807) is 7.05 Å². The van der Waals surface area contributed by atoms with E-state index >= 15 is 0 Å². The van der Waals surface area contributed by atoms with Gasteiger partial charge in [-0.05, 0) is 5.56 Å². The lowest BCUT2D eigenvalue weighted by Gasteiger charge is -2.34. The molecule has 4 rings (SSSR count). The average Bonchev–Trinajstić information content (AvgIpc) is 2.84. The van der Waals surface area contributed by atoms with E-state index in [1.807, 2.05) is 43.9 Å². The molecule has 3 heterocycles. The van der Waals surface area contributed by atoms with Crippen molar-refractivity contribution in [2.75, 3.05) is 31.9 Å². The highest BCUT2D eigenvalue weighted by molar-refractivity contribution is 8.00. The second-order valence-corrected chi connectivity index (χ2v) is 10.9. The lowest BCUT2D eigenvalue weighted by molar-refractivity contribution is -0.130. The van der Waals surface area contributed by atoms with E-state index in [4.69, 9.17) is 0 Å². The number of aromatic nitrogens is 4. The first-order chi connectivity index (χ1) is 16.6. The van der Waals surface area contributed by atoms with Gasteiger partial charge in [0.15, 0.2) is 5.65 Å². The standard InChI is InChI=1S/C25H32N6O3S/c1-25(2,3)23-26-20-19(22(33)29(5)24(34)28(20)4)21(27-23)35-16-18(32)31-13-11-30(12-14-31)15-17-9-7-6-8-10-17/h6-10H,11-16H2,1-5H3. The van der Waals surface area contributed by atoms with Crippen LogP contribution >= 0.6 is 11.8 Å². The summed E-state index contributed by atoms with van der Waals surface area (Å²) in [6.07, 6.45) is 0. The molecule has 35 heavy (non-hydrogen) atoms. The SMILES string of the molecule is Cn1c(=O)c2c(SCC(=O)N3CCN(Cc4ccccc4)CC3)nc(C(C)(C)C)nc2n(C)c1=O. The molecule has 1 aromatic carbocycles. The number of rotatable bonds is 5. The third-order valence-corrected chi connectivity index (χ3v) is 7.20. The fraction of sp³-hybridized carbons (Fsp3) is 0.480. The maximum absolute atomic E-state index is 13.0. The first kappa shape index (κ1) is 25.1. The number of benzene rings is 1. The van der Waals surface area contributed by atoms with Crippen LogP contribution in [-0.2, 0) is 30.8 Å². The second kappa shape index (κ2) is 9.94. The zero-order valence-corrected chi connectivity index (χ0v) is 21.8. The molecule has 1 saturated heterocycles. The van der Waals surface area contributed by atoms with Crippen LogP contribution in [0, 0.1) is 0 Å². The van der Waals surface area contributed by atoms with Gasteiger partial charge in [0, 0.05) is 52.2 Å². The molecule has 0 atom stereocenters. The first-order valence-electron chi connectivity index (χ1n) is 11.7. The van der Waals surface area contributed by atoms with Crippen LogP contribution in [0.5, 0.6) is 0 Å². The lowest BCUT2D eigenvalue weighted by Crippen LogP contribution is -2.48. The van der Waals surface area contributed by atoms with E-state index in [-0.39, 0.29) is 22.5 Å². The number of carbonyl (C=O) groups excluding carboxylic acids is 1. The summed E-state index contributed by atoms with van der Waals surface area (Å²) in [4.78, 5) is 51.9. The molecule has 0 N–H and O–H groups in total. The highest BCUT2D eigenvalue weighted by Gasteiger charge is 2.25. The van der Waals surface area contributed by atoms with Crippen LogP contribution in [0.25, 0.3) is 11.0 Å². The lowest BCUT2D eigenvalue weighted by atomic mass is 9.96. The maximum atomic E-state index is 13.0. The van der Waals surface area contributed by atoms with Gasteiger partial charge >= 0.3 is 5.69 Å². The van der Waals surface area contributed by atoms with Gasteiger partial charge in [0.1, 0.15) is 16.2 Å². The van der Waals surface area contributed by atoms with Crippen LogP contribution in [0.3, 0.4) is 0 Å². The largest absolute Gasteiger partial charge is 0.339 e. The van der Waals surface area contributed by atoms with Crippen LogP contribution in [0.4, 0.5) is 0 Å². The average molecular weight is 497 g/mol. The zero-order valence-electron chi connectivity index (χ0n) is 20.9. The number of fused-ring (bicyclic) bond motifs is 1. The molecular formula is C25H32N6O3S. The van der Waals surface area contributed by atoms with Crippen LogP contribution in [0.2, 0.25) is 0 Å². The van der Waals surface area contributed by atoms with Crippen LogP contribution in [-0.4, -0.2) is 66.7 Å². The van der Waals surface area contributed by atoms with Gasteiger partial charge in [-0.1, -0.05) is 62.9 Å². The van der Waals surface area contributed by atoms with Gasteiger partial charge < -0.3 is 4.90 Å².